The van der Waals surface area contributed by atoms with Gasteiger partial charge in [-0.05, 0) is 44.9 Å². The third-order valence-corrected chi connectivity index (χ3v) is 3.83. The molecule has 1 heterocycles. The van der Waals surface area contributed by atoms with E-state index < -0.39 is 0 Å². The van der Waals surface area contributed by atoms with Gasteiger partial charge < -0.3 is 10.2 Å². The zero-order chi connectivity index (χ0) is 14.4. The van der Waals surface area contributed by atoms with Crippen molar-refractivity contribution in [1.82, 2.24) is 10.3 Å². The van der Waals surface area contributed by atoms with E-state index in [1.165, 1.54) is 11.1 Å². The number of hydrogen-bond donors (Lipinski definition) is 1. The summed E-state index contributed by atoms with van der Waals surface area (Å²) < 4.78 is 0. The molecular weight excluding hydrogens is 234 g/mol. The second kappa shape index (κ2) is 7.49. The molecule has 0 spiro atoms. The summed E-state index contributed by atoms with van der Waals surface area (Å²) in [5.74, 6) is 1.15. The van der Waals surface area contributed by atoms with E-state index in [4.69, 9.17) is 4.98 Å². The van der Waals surface area contributed by atoms with Crippen LogP contribution in [0.15, 0.2) is 6.07 Å². The van der Waals surface area contributed by atoms with Crippen molar-refractivity contribution in [3.63, 3.8) is 0 Å². The zero-order valence-electron chi connectivity index (χ0n) is 13.4. The molecular formula is C16H29N3. The summed E-state index contributed by atoms with van der Waals surface area (Å²) in [6, 6.07) is 2.74. The van der Waals surface area contributed by atoms with Crippen LogP contribution in [-0.4, -0.2) is 24.6 Å². The second-order valence-electron chi connectivity index (χ2n) is 5.24. The fourth-order valence-corrected chi connectivity index (χ4v) is 2.61. The van der Waals surface area contributed by atoms with Crippen molar-refractivity contribution in [2.75, 3.05) is 18.5 Å². The van der Waals surface area contributed by atoms with Crippen LogP contribution in [0.5, 0.6) is 0 Å². The highest BCUT2D eigenvalue weighted by Crippen LogP contribution is 2.24. The van der Waals surface area contributed by atoms with Crippen molar-refractivity contribution in [2.24, 2.45) is 0 Å². The van der Waals surface area contributed by atoms with Crippen molar-refractivity contribution in [3.05, 3.63) is 22.9 Å². The summed E-state index contributed by atoms with van der Waals surface area (Å²) in [4.78, 5) is 7.14. The minimum atomic E-state index is 0.564. The molecule has 1 N–H and O–H groups in total. The van der Waals surface area contributed by atoms with Gasteiger partial charge >= 0.3 is 0 Å². The highest BCUT2D eigenvalue weighted by Gasteiger charge is 2.17. The molecule has 0 unspecified atom stereocenters. The molecule has 0 aliphatic carbocycles. The van der Waals surface area contributed by atoms with Gasteiger partial charge in [-0.1, -0.05) is 20.8 Å². The molecule has 0 bridgehead atoms. The quantitative estimate of drug-likeness (QED) is 0.817. The van der Waals surface area contributed by atoms with Crippen LogP contribution in [0.1, 0.15) is 50.4 Å². The predicted octanol–water partition coefficient (Wildman–Crippen LogP) is 3.43. The van der Waals surface area contributed by atoms with Crippen LogP contribution < -0.4 is 10.2 Å². The molecule has 0 fully saturated rings. The lowest BCUT2D eigenvalue weighted by molar-refractivity contribution is 0.581. The lowest BCUT2D eigenvalue weighted by Crippen LogP contribution is -2.33. The molecule has 0 saturated carbocycles. The van der Waals surface area contributed by atoms with Crippen molar-refractivity contribution in [2.45, 2.75) is 60.0 Å². The lowest BCUT2D eigenvalue weighted by atomic mass is 10.1. The third-order valence-electron chi connectivity index (χ3n) is 3.83. The first-order valence-corrected chi connectivity index (χ1v) is 7.45. The largest absolute Gasteiger partial charge is 0.356 e. The number of aryl methyl sites for hydroxylation is 2. The van der Waals surface area contributed by atoms with Gasteiger partial charge in [-0.15, -0.1) is 0 Å². The maximum Gasteiger partial charge on any atom is 0.133 e. The predicted molar refractivity (Wildman–Crippen MR) is 83.9 cm³/mol. The summed E-state index contributed by atoms with van der Waals surface area (Å²) in [5, 5.41) is 3.43. The summed E-state index contributed by atoms with van der Waals surface area (Å²) in [5.41, 5.74) is 3.77. The van der Waals surface area contributed by atoms with Gasteiger partial charge in [-0.2, -0.15) is 0 Å². The van der Waals surface area contributed by atoms with E-state index >= 15 is 0 Å². The van der Waals surface area contributed by atoms with Crippen molar-refractivity contribution >= 4 is 5.82 Å². The van der Waals surface area contributed by atoms with Crippen molar-refractivity contribution in [1.29, 1.82) is 0 Å². The number of rotatable bonds is 7. The smallest absolute Gasteiger partial charge is 0.133 e. The van der Waals surface area contributed by atoms with Crippen LogP contribution in [0.4, 0.5) is 5.82 Å². The molecule has 0 radical (unpaired) electrons. The van der Waals surface area contributed by atoms with Gasteiger partial charge in [0.2, 0.25) is 0 Å². The summed E-state index contributed by atoms with van der Waals surface area (Å²) in [6.07, 6.45) is 2.31. The third kappa shape index (κ3) is 3.93. The molecule has 108 valence electrons. The molecule has 1 aromatic heterocycles. The Hall–Kier alpha value is -1.09. The average molecular weight is 263 g/mol. The molecule has 19 heavy (non-hydrogen) atoms. The highest BCUT2D eigenvalue weighted by molar-refractivity contribution is 5.51. The van der Waals surface area contributed by atoms with Gasteiger partial charge in [-0.3, -0.25) is 0 Å². The molecule has 0 saturated heterocycles. The number of aromatic nitrogens is 1. The molecule has 1 aromatic rings. The van der Waals surface area contributed by atoms with Crippen molar-refractivity contribution < 1.29 is 0 Å². The molecule has 0 atom stereocenters. The van der Waals surface area contributed by atoms with E-state index in [9.17, 15) is 0 Å². The van der Waals surface area contributed by atoms with Gasteiger partial charge in [0, 0.05) is 30.9 Å². The first-order chi connectivity index (χ1) is 9.04. The van der Waals surface area contributed by atoms with E-state index in [2.05, 4.69) is 57.9 Å². The number of nitrogens with zero attached hydrogens (tertiary/aromatic N) is 2. The van der Waals surface area contributed by atoms with Crippen LogP contribution >= 0.6 is 0 Å². The Bertz CT molecular complexity index is 397. The van der Waals surface area contributed by atoms with Crippen LogP contribution in [0.3, 0.4) is 0 Å². The first-order valence-electron chi connectivity index (χ1n) is 7.45. The Kier molecular flexibility index (Phi) is 6.29. The highest BCUT2D eigenvalue weighted by atomic mass is 15.2. The molecule has 3 nitrogen and oxygen atoms in total. The molecule has 1 rings (SSSR count). The average Bonchev–Trinajstić information content (AvgIpc) is 2.38. The minimum Gasteiger partial charge on any atom is -0.356 e. The maximum absolute atomic E-state index is 4.79. The van der Waals surface area contributed by atoms with Crippen LogP contribution in [0, 0.1) is 13.8 Å². The van der Waals surface area contributed by atoms with Gasteiger partial charge in [0.25, 0.3) is 0 Å². The summed E-state index contributed by atoms with van der Waals surface area (Å²) >= 11 is 0. The molecule has 0 aromatic carbocycles. The van der Waals surface area contributed by atoms with Gasteiger partial charge in [0.05, 0.1) is 0 Å². The lowest BCUT2D eigenvalue weighted by Gasteiger charge is -2.30. The molecule has 0 aliphatic rings. The minimum absolute atomic E-state index is 0.564. The molecule has 0 amide bonds. The van der Waals surface area contributed by atoms with E-state index in [-0.39, 0.29) is 0 Å². The number of nitrogens with one attached hydrogen (secondary N) is 1. The van der Waals surface area contributed by atoms with Crippen LogP contribution in [-0.2, 0) is 6.54 Å². The standard InChI is InChI=1S/C16H29N3/c1-7-14(8-2)19(6)16-15(11-17-9-3)12(4)10-13(5)18-16/h10,14,17H,7-9,11H2,1-6H3. The maximum atomic E-state index is 4.79. The van der Waals surface area contributed by atoms with Gasteiger partial charge in [-0.25, -0.2) is 4.98 Å². The zero-order valence-corrected chi connectivity index (χ0v) is 13.4. The van der Waals surface area contributed by atoms with Crippen molar-refractivity contribution in [3.8, 4) is 0 Å². The Labute approximate surface area is 118 Å². The van der Waals surface area contributed by atoms with Crippen LogP contribution in [0.2, 0.25) is 0 Å². The Morgan fingerprint density at radius 1 is 1.21 bits per heavy atom. The Morgan fingerprint density at radius 3 is 2.37 bits per heavy atom. The Morgan fingerprint density at radius 2 is 1.84 bits per heavy atom. The van der Waals surface area contributed by atoms with E-state index in [1.54, 1.807) is 0 Å². The van der Waals surface area contributed by atoms with E-state index in [0.29, 0.717) is 6.04 Å². The van der Waals surface area contributed by atoms with Gasteiger partial charge in [0.1, 0.15) is 5.82 Å². The van der Waals surface area contributed by atoms with E-state index in [1.807, 2.05) is 0 Å². The molecule has 0 aliphatic heterocycles. The fraction of sp³-hybridized carbons (Fsp3) is 0.688. The topological polar surface area (TPSA) is 28.2 Å². The number of pyridine rings is 1. The monoisotopic (exact) mass is 263 g/mol. The normalized spacial score (nSPS) is 11.1. The Balaban J connectivity index is 3.15. The number of anilines is 1. The van der Waals surface area contributed by atoms with E-state index in [0.717, 1.165) is 37.4 Å². The second-order valence-corrected chi connectivity index (χ2v) is 5.24. The molecule has 3 heteroatoms. The SMILES string of the molecule is CCNCc1c(C)cc(C)nc1N(C)C(CC)CC. The first kappa shape index (κ1) is 16.0. The van der Waals surface area contributed by atoms with Crippen LogP contribution in [0.25, 0.3) is 0 Å². The summed E-state index contributed by atoms with van der Waals surface area (Å²) in [6.45, 7) is 12.8. The van der Waals surface area contributed by atoms with Gasteiger partial charge in [0.15, 0.2) is 0 Å². The fourth-order valence-electron chi connectivity index (χ4n) is 2.61. The summed E-state index contributed by atoms with van der Waals surface area (Å²) in [7, 11) is 2.17. The number of hydrogen-bond acceptors (Lipinski definition) is 3.